The number of hydrogen-bond donors (Lipinski definition) is 0. The highest BCUT2D eigenvalue weighted by Gasteiger charge is 2.32. The van der Waals surface area contributed by atoms with Gasteiger partial charge in [0.1, 0.15) is 6.10 Å². The first-order valence-corrected chi connectivity index (χ1v) is 10.4. The number of carbonyl (C=O) groups is 1. The predicted octanol–water partition coefficient (Wildman–Crippen LogP) is 3.89. The summed E-state index contributed by atoms with van der Waals surface area (Å²) in [5.74, 6) is -0.489. The molecule has 0 N–H and O–H groups in total. The van der Waals surface area contributed by atoms with Gasteiger partial charge < -0.3 is 9.47 Å². The average Bonchev–Trinajstić information content (AvgIpc) is 2.60. The lowest BCUT2D eigenvalue weighted by Gasteiger charge is -2.16. The highest BCUT2D eigenvalue weighted by molar-refractivity contribution is 7.90. The van der Waals surface area contributed by atoms with Crippen molar-refractivity contribution in [2.45, 2.75) is 37.4 Å². The summed E-state index contributed by atoms with van der Waals surface area (Å²) in [6.07, 6.45) is -3.02. The van der Waals surface area contributed by atoms with Crippen LogP contribution in [0.1, 0.15) is 25.8 Å². The molecule has 1 aromatic carbocycles. The molecule has 1 heterocycles. The molecule has 0 amide bonds. The molecule has 10 heteroatoms. The van der Waals surface area contributed by atoms with E-state index in [4.69, 9.17) is 9.47 Å². The Hall–Kier alpha value is -2.62. The highest BCUT2D eigenvalue weighted by atomic mass is 32.2. The van der Waals surface area contributed by atoms with Crippen LogP contribution in [0.15, 0.2) is 41.4 Å². The lowest BCUT2D eigenvalue weighted by molar-refractivity contribution is -0.146. The Morgan fingerprint density at radius 1 is 1.21 bits per heavy atom. The minimum Gasteiger partial charge on any atom is -0.477 e. The van der Waals surface area contributed by atoms with E-state index in [0.717, 1.165) is 12.3 Å². The quantitative estimate of drug-likeness (QED) is 0.619. The summed E-state index contributed by atoms with van der Waals surface area (Å²) in [7, 11) is -3.45. The lowest BCUT2D eigenvalue weighted by atomic mass is 10.1. The minimum atomic E-state index is -4.60. The van der Waals surface area contributed by atoms with Gasteiger partial charge in [-0.3, -0.25) is 4.79 Å². The van der Waals surface area contributed by atoms with Crippen LogP contribution in [0, 0.1) is 0 Å². The molecule has 6 nitrogen and oxygen atoms in total. The van der Waals surface area contributed by atoms with E-state index in [0.29, 0.717) is 18.2 Å². The van der Waals surface area contributed by atoms with Gasteiger partial charge in [-0.25, -0.2) is 13.4 Å². The lowest BCUT2D eigenvalue weighted by Crippen LogP contribution is -2.16. The maximum Gasteiger partial charge on any atom is 0.417 e. The van der Waals surface area contributed by atoms with E-state index in [1.54, 1.807) is 6.92 Å². The average molecular weight is 431 g/mol. The normalized spacial score (nSPS) is 13.0. The first kappa shape index (κ1) is 22.7. The molecule has 0 aliphatic carbocycles. The van der Waals surface area contributed by atoms with Gasteiger partial charge in [-0.2, -0.15) is 13.2 Å². The van der Waals surface area contributed by atoms with Gasteiger partial charge in [0.25, 0.3) is 0 Å². The van der Waals surface area contributed by atoms with Crippen LogP contribution >= 0.6 is 0 Å². The summed E-state index contributed by atoms with van der Waals surface area (Å²) in [6, 6.07) is 6.28. The maximum absolute atomic E-state index is 13.1. The fourth-order valence-corrected chi connectivity index (χ4v) is 3.11. The molecule has 0 unspecified atom stereocenters. The van der Waals surface area contributed by atoms with Gasteiger partial charge >= 0.3 is 12.1 Å². The molecule has 158 valence electrons. The van der Waals surface area contributed by atoms with Gasteiger partial charge in [-0.15, -0.1) is 0 Å². The first-order chi connectivity index (χ1) is 13.4. The van der Waals surface area contributed by atoms with Crippen molar-refractivity contribution < 1.29 is 35.9 Å². The first-order valence-electron chi connectivity index (χ1n) is 8.55. The number of nitrogens with zero attached hydrogens (tertiary/aromatic N) is 1. The zero-order valence-electron chi connectivity index (χ0n) is 16.0. The largest absolute Gasteiger partial charge is 0.477 e. The van der Waals surface area contributed by atoms with Crippen LogP contribution in [0.25, 0.3) is 11.1 Å². The fourth-order valence-electron chi connectivity index (χ4n) is 2.47. The molecule has 0 spiro atoms. The van der Waals surface area contributed by atoms with Crippen LogP contribution < -0.4 is 4.74 Å². The Labute approximate surface area is 166 Å². The van der Waals surface area contributed by atoms with E-state index in [1.165, 1.54) is 31.2 Å². The van der Waals surface area contributed by atoms with Crippen LogP contribution in [0.5, 0.6) is 5.88 Å². The summed E-state index contributed by atoms with van der Waals surface area (Å²) < 4.78 is 73.0. The second-order valence-electron chi connectivity index (χ2n) is 6.43. The van der Waals surface area contributed by atoms with Crippen LogP contribution in [-0.2, 0) is 25.5 Å². The molecule has 2 aromatic rings. The Bertz CT molecular complexity index is 972. The number of aromatic nitrogens is 1. The fraction of sp³-hybridized carbons (Fsp3) is 0.368. The number of sulfone groups is 1. The van der Waals surface area contributed by atoms with E-state index < -0.39 is 33.7 Å². The van der Waals surface area contributed by atoms with Gasteiger partial charge in [0, 0.05) is 31.4 Å². The summed E-state index contributed by atoms with van der Waals surface area (Å²) >= 11 is 0. The van der Waals surface area contributed by atoms with E-state index in [1.807, 2.05) is 0 Å². The maximum atomic E-state index is 13.1. The van der Waals surface area contributed by atoms with Crippen molar-refractivity contribution in [1.29, 1.82) is 0 Å². The molecule has 0 bridgehead atoms. The number of carbonyl (C=O) groups excluding carboxylic acids is 1. The number of esters is 1. The van der Waals surface area contributed by atoms with E-state index in [2.05, 4.69) is 4.98 Å². The van der Waals surface area contributed by atoms with Crippen LogP contribution in [-0.4, -0.2) is 38.3 Å². The Morgan fingerprint density at radius 2 is 1.83 bits per heavy atom. The molecule has 0 saturated heterocycles. The topological polar surface area (TPSA) is 82.6 Å². The van der Waals surface area contributed by atoms with Crippen molar-refractivity contribution in [2.24, 2.45) is 0 Å². The van der Waals surface area contributed by atoms with E-state index in [9.17, 15) is 26.4 Å². The molecule has 0 aliphatic rings. The standard InChI is InChI=1S/C19H20F3NO5S/c1-12(28-13(2)24)8-9-27-18-17(10-15(11-23-18)19(20,21)22)14-4-6-16(7-5-14)29(3,25)26/h4-7,10-12H,8-9H2,1-3H3/t12-/m1/s1. The molecule has 29 heavy (non-hydrogen) atoms. The van der Waals surface area contributed by atoms with Crippen LogP contribution in [0.2, 0.25) is 0 Å². The predicted molar refractivity (Wildman–Crippen MR) is 99.1 cm³/mol. The van der Waals surface area contributed by atoms with Crippen LogP contribution in [0.4, 0.5) is 13.2 Å². The number of rotatable bonds is 7. The molecule has 1 atom stereocenters. The second-order valence-corrected chi connectivity index (χ2v) is 8.44. The third kappa shape index (κ3) is 6.45. The number of halogens is 3. The number of ether oxygens (including phenoxy) is 2. The molecule has 0 aliphatic heterocycles. The summed E-state index contributed by atoms with van der Waals surface area (Å²) in [5, 5.41) is 0. The van der Waals surface area contributed by atoms with Crippen LogP contribution in [0.3, 0.4) is 0 Å². The third-order valence-corrected chi connectivity index (χ3v) is 5.03. The van der Waals surface area contributed by atoms with Crippen molar-refractivity contribution in [3.63, 3.8) is 0 Å². The zero-order chi connectivity index (χ0) is 21.8. The van der Waals surface area contributed by atoms with Crippen molar-refractivity contribution in [3.8, 4) is 17.0 Å². The highest BCUT2D eigenvalue weighted by Crippen LogP contribution is 2.36. The zero-order valence-corrected chi connectivity index (χ0v) is 16.8. The van der Waals surface area contributed by atoms with Crippen molar-refractivity contribution in [2.75, 3.05) is 12.9 Å². The molecule has 1 aromatic heterocycles. The van der Waals surface area contributed by atoms with Crippen molar-refractivity contribution in [3.05, 3.63) is 42.1 Å². The second kappa shape index (κ2) is 8.81. The van der Waals surface area contributed by atoms with Gasteiger partial charge in [0.05, 0.1) is 17.1 Å². The molecule has 2 rings (SSSR count). The third-order valence-electron chi connectivity index (χ3n) is 3.90. The van der Waals surface area contributed by atoms with Crippen molar-refractivity contribution >= 4 is 15.8 Å². The van der Waals surface area contributed by atoms with E-state index >= 15 is 0 Å². The smallest absolute Gasteiger partial charge is 0.417 e. The van der Waals surface area contributed by atoms with Gasteiger partial charge in [-0.1, -0.05) is 12.1 Å². The molecule has 0 fully saturated rings. The Kier molecular flexibility index (Phi) is 6.89. The Balaban J connectivity index is 2.33. The Morgan fingerprint density at radius 3 is 2.34 bits per heavy atom. The summed E-state index contributed by atoms with van der Waals surface area (Å²) in [4.78, 5) is 14.8. The van der Waals surface area contributed by atoms with Gasteiger partial charge in [0.2, 0.25) is 5.88 Å². The number of pyridine rings is 1. The van der Waals surface area contributed by atoms with Gasteiger partial charge in [0.15, 0.2) is 9.84 Å². The summed E-state index contributed by atoms with van der Waals surface area (Å²) in [5.41, 5.74) is -0.570. The minimum absolute atomic E-state index is 0.0406. The van der Waals surface area contributed by atoms with Crippen molar-refractivity contribution in [1.82, 2.24) is 4.98 Å². The summed E-state index contributed by atoms with van der Waals surface area (Å²) in [6.45, 7) is 2.99. The number of hydrogen-bond acceptors (Lipinski definition) is 6. The van der Waals surface area contributed by atoms with Gasteiger partial charge in [-0.05, 0) is 30.7 Å². The SMILES string of the molecule is CC(=O)O[C@H](C)CCOc1ncc(C(F)(F)F)cc1-c1ccc(S(C)(=O)=O)cc1. The number of benzene rings is 1. The monoisotopic (exact) mass is 431 g/mol. The molecular weight excluding hydrogens is 411 g/mol. The molecule has 0 radical (unpaired) electrons. The number of alkyl halides is 3. The molecular formula is C19H20F3NO5S. The van der Waals surface area contributed by atoms with E-state index in [-0.39, 0.29) is 22.9 Å². The molecule has 0 saturated carbocycles.